The highest BCUT2D eigenvalue weighted by Crippen LogP contribution is 2.65. The Morgan fingerprint density at radius 2 is 2.24 bits per heavy atom. The summed E-state index contributed by atoms with van der Waals surface area (Å²) in [7, 11) is 0. The van der Waals surface area contributed by atoms with Crippen LogP contribution in [-0.4, -0.2) is 18.2 Å². The van der Waals surface area contributed by atoms with E-state index >= 15 is 0 Å². The number of rotatable bonds is 0. The van der Waals surface area contributed by atoms with Gasteiger partial charge in [0.15, 0.2) is 0 Å². The lowest BCUT2D eigenvalue weighted by molar-refractivity contribution is -0.0413. The van der Waals surface area contributed by atoms with Crippen molar-refractivity contribution in [3.8, 4) is 0 Å². The first-order chi connectivity index (χ1) is 8.14. The Kier molecular flexibility index (Phi) is 1.78. The SMILES string of the molecule is C=C1C2=C(C)OC3CCCC4C(C)NC1CC234. The predicted molar refractivity (Wildman–Crippen MR) is 67.5 cm³/mol. The molecule has 0 radical (unpaired) electrons. The van der Waals surface area contributed by atoms with Gasteiger partial charge in [0.2, 0.25) is 0 Å². The standard InChI is InChI=1S/C15H21NO/c1-8-12-7-15-11(9(2)16-12)5-4-6-13(15)17-10(3)14(8)15/h9,11-13,16H,1,4-7H2,2-3H3. The minimum absolute atomic E-state index is 0.328. The molecule has 2 heteroatoms. The molecule has 2 heterocycles. The van der Waals surface area contributed by atoms with Crippen LogP contribution < -0.4 is 5.32 Å². The van der Waals surface area contributed by atoms with Crippen LogP contribution in [-0.2, 0) is 4.74 Å². The van der Waals surface area contributed by atoms with Gasteiger partial charge in [-0.05, 0) is 51.0 Å². The smallest absolute Gasteiger partial charge is 0.108 e. The number of nitrogens with one attached hydrogen (secondary N) is 1. The highest BCUT2D eigenvalue weighted by atomic mass is 16.5. The largest absolute Gasteiger partial charge is 0.494 e. The van der Waals surface area contributed by atoms with Gasteiger partial charge in [0.1, 0.15) is 6.10 Å². The molecule has 0 aromatic rings. The summed E-state index contributed by atoms with van der Waals surface area (Å²) in [5.74, 6) is 1.93. The fraction of sp³-hybridized carbons (Fsp3) is 0.733. The van der Waals surface area contributed by atoms with Gasteiger partial charge in [-0.15, -0.1) is 0 Å². The van der Waals surface area contributed by atoms with E-state index in [1.165, 1.54) is 42.6 Å². The molecule has 2 saturated carbocycles. The lowest BCUT2D eigenvalue weighted by atomic mass is 9.59. The van der Waals surface area contributed by atoms with Gasteiger partial charge in [-0.2, -0.15) is 0 Å². The lowest BCUT2D eigenvalue weighted by Crippen LogP contribution is -2.56. The van der Waals surface area contributed by atoms with Crippen LogP contribution in [0.5, 0.6) is 0 Å². The number of hydrogen-bond acceptors (Lipinski definition) is 2. The van der Waals surface area contributed by atoms with Gasteiger partial charge in [0, 0.05) is 23.1 Å². The molecule has 5 unspecified atom stereocenters. The molecule has 17 heavy (non-hydrogen) atoms. The molecular weight excluding hydrogens is 210 g/mol. The summed E-state index contributed by atoms with van der Waals surface area (Å²) in [4.78, 5) is 0. The Morgan fingerprint density at radius 1 is 1.41 bits per heavy atom. The van der Waals surface area contributed by atoms with E-state index in [9.17, 15) is 0 Å². The van der Waals surface area contributed by atoms with E-state index < -0.39 is 0 Å². The molecule has 92 valence electrons. The summed E-state index contributed by atoms with van der Waals surface area (Å²) in [6.45, 7) is 8.85. The Labute approximate surface area is 103 Å². The summed E-state index contributed by atoms with van der Waals surface area (Å²) in [5, 5.41) is 3.77. The normalized spacial score (nSPS) is 51.5. The third-order valence-corrected chi connectivity index (χ3v) is 5.71. The molecule has 0 aromatic carbocycles. The topological polar surface area (TPSA) is 21.3 Å². The van der Waals surface area contributed by atoms with E-state index in [0.29, 0.717) is 23.6 Å². The van der Waals surface area contributed by atoms with Crippen molar-refractivity contribution in [2.45, 2.75) is 57.7 Å². The third kappa shape index (κ3) is 0.979. The van der Waals surface area contributed by atoms with Crippen LogP contribution >= 0.6 is 0 Å². The van der Waals surface area contributed by atoms with Crippen molar-refractivity contribution in [1.29, 1.82) is 0 Å². The fourth-order valence-electron chi connectivity index (χ4n) is 5.22. The van der Waals surface area contributed by atoms with Crippen LogP contribution in [0.15, 0.2) is 23.5 Å². The second-order valence-corrected chi connectivity index (χ2v) is 6.35. The van der Waals surface area contributed by atoms with Crippen molar-refractivity contribution in [2.75, 3.05) is 0 Å². The second kappa shape index (κ2) is 2.97. The van der Waals surface area contributed by atoms with Gasteiger partial charge in [0.25, 0.3) is 0 Å². The van der Waals surface area contributed by atoms with E-state index in [4.69, 9.17) is 4.74 Å². The first kappa shape index (κ1) is 10.2. The lowest BCUT2D eigenvalue weighted by Gasteiger charge is -2.49. The molecule has 1 N–H and O–H groups in total. The molecule has 3 fully saturated rings. The van der Waals surface area contributed by atoms with Gasteiger partial charge < -0.3 is 10.1 Å². The predicted octanol–water partition coefficient (Wildman–Crippen LogP) is 2.77. The summed E-state index contributed by atoms with van der Waals surface area (Å²) in [6, 6.07) is 1.12. The van der Waals surface area contributed by atoms with Crippen molar-refractivity contribution in [3.05, 3.63) is 23.5 Å². The number of hydrogen-bond donors (Lipinski definition) is 1. The Hall–Kier alpha value is -0.760. The Morgan fingerprint density at radius 3 is 3.06 bits per heavy atom. The van der Waals surface area contributed by atoms with Crippen LogP contribution in [0.4, 0.5) is 0 Å². The van der Waals surface area contributed by atoms with Crippen molar-refractivity contribution >= 4 is 0 Å². The van der Waals surface area contributed by atoms with Gasteiger partial charge in [0.05, 0.1) is 5.76 Å². The van der Waals surface area contributed by atoms with E-state index in [2.05, 4.69) is 25.7 Å². The first-order valence-corrected chi connectivity index (χ1v) is 6.98. The maximum absolute atomic E-state index is 6.19. The number of allylic oxidation sites excluding steroid dienone is 1. The van der Waals surface area contributed by atoms with E-state index in [1.54, 1.807) is 0 Å². The van der Waals surface area contributed by atoms with E-state index in [0.717, 1.165) is 5.92 Å². The fourth-order valence-corrected chi connectivity index (χ4v) is 5.22. The average molecular weight is 231 g/mol. The molecule has 1 spiro atoms. The summed E-state index contributed by atoms with van der Waals surface area (Å²) < 4.78 is 6.19. The van der Waals surface area contributed by atoms with Crippen LogP contribution in [0, 0.1) is 11.3 Å². The minimum Gasteiger partial charge on any atom is -0.494 e. The van der Waals surface area contributed by atoms with Crippen molar-refractivity contribution in [3.63, 3.8) is 0 Å². The van der Waals surface area contributed by atoms with Gasteiger partial charge >= 0.3 is 0 Å². The minimum atomic E-state index is 0.328. The van der Waals surface area contributed by atoms with Gasteiger partial charge in [-0.25, -0.2) is 0 Å². The highest BCUT2D eigenvalue weighted by molar-refractivity contribution is 5.52. The Bertz CT molecular complexity index is 438. The zero-order valence-electron chi connectivity index (χ0n) is 10.8. The highest BCUT2D eigenvalue weighted by Gasteiger charge is 2.64. The van der Waals surface area contributed by atoms with Crippen molar-refractivity contribution in [1.82, 2.24) is 5.32 Å². The molecule has 2 bridgehead atoms. The molecule has 0 amide bonds. The maximum atomic E-state index is 6.19. The molecule has 1 saturated heterocycles. The zero-order valence-corrected chi connectivity index (χ0v) is 10.8. The van der Waals surface area contributed by atoms with Crippen molar-refractivity contribution in [2.24, 2.45) is 11.3 Å². The summed E-state index contributed by atoms with van der Waals surface area (Å²) in [6.07, 6.45) is 5.59. The van der Waals surface area contributed by atoms with Crippen LogP contribution in [0.3, 0.4) is 0 Å². The molecule has 4 rings (SSSR count). The zero-order chi connectivity index (χ0) is 11.8. The summed E-state index contributed by atoms with van der Waals surface area (Å²) >= 11 is 0. The molecule has 0 aromatic heterocycles. The third-order valence-electron chi connectivity index (χ3n) is 5.71. The van der Waals surface area contributed by atoms with Crippen LogP contribution in [0.25, 0.3) is 0 Å². The van der Waals surface area contributed by atoms with Crippen molar-refractivity contribution < 1.29 is 4.74 Å². The number of ether oxygens (including phenoxy) is 1. The quantitative estimate of drug-likeness (QED) is 0.692. The molecule has 2 aliphatic heterocycles. The average Bonchev–Trinajstić information content (AvgIpc) is 2.69. The molecule has 5 atom stereocenters. The number of piperidine rings is 1. The second-order valence-electron chi connectivity index (χ2n) is 6.35. The first-order valence-electron chi connectivity index (χ1n) is 6.98. The molecule has 2 nitrogen and oxygen atoms in total. The van der Waals surface area contributed by atoms with Crippen LogP contribution in [0.1, 0.15) is 39.5 Å². The van der Waals surface area contributed by atoms with Crippen LogP contribution in [0.2, 0.25) is 0 Å². The molecule has 4 aliphatic rings. The summed E-state index contributed by atoms with van der Waals surface area (Å²) in [5.41, 5.74) is 3.14. The Balaban J connectivity index is 1.94. The molecule has 2 aliphatic carbocycles. The monoisotopic (exact) mass is 231 g/mol. The van der Waals surface area contributed by atoms with E-state index in [-0.39, 0.29) is 0 Å². The van der Waals surface area contributed by atoms with Gasteiger partial charge in [-0.3, -0.25) is 0 Å². The molecular formula is C15H21NO. The number of fused-ring (bicyclic) bond motifs is 1. The maximum Gasteiger partial charge on any atom is 0.108 e. The van der Waals surface area contributed by atoms with E-state index in [1.807, 2.05) is 0 Å². The van der Waals surface area contributed by atoms with Gasteiger partial charge in [-0.1, -0.05) is 6.58 Å².